The number of ether oxygens (including phenoxy) is 1. The highest BCUT2D eigenvalue weighted by molar-refractivity contribution is 8.00. The molecular weight excluding hydrogens is 360 g/mol. The molecule has 24 heavy (non-hydrogen) atoms. The molecule has 0 fully saturated rings. The van der Waals surface area contributed by atoms with Gasteiger partial charge < -0.3 is 10.1 Å². The van der Waals surface area contributed by atoms with E-state index in [2.05, 4.69) is 10.1 Å². The molecule has 0 aliphatic heterocycles. The number of anilines is 1. The van der Waals surface area contributed by atoms with E-state index in [4.69, 9.17) is 11.6 Å². The minimum absolute atomic E-state index is 0.0378. The number of amides is 1. The van der Waals surface area contributed by atoms with Crippen LogP contribution in [0.1, 0.15) is 10.4 Å². The summed E-state index contributed by atoms with van der Waals surface area (Å²) in [6, 6.07) is 7.71. The average Bonchev–Trinajstić information content (AvgIpc) is 2.57. The SMILES string of the molecule is COC(=O)c1ccc(Cl)c(NC(=O)CSc2ccc(F)c(F)c2)c1. The van der Waals surface area contributed by atoms with Crippen LogP contribution in [0.2, 0.25) is 5.02 Å². The molecule has 0 aromatic heterocycles. The minimum atomic E-state index is -0.978. The maximum atomic E-state index is 13.1. The van der Waals surface area contributed by atoms with Gasteiger partial charge >= 0.3 is 5.97 Å². The third-order valence-corrected chi connectivity index (χ3v) is 4.25. The van der Waals surface area contributed by atoms with Crippen LogP contribution in [0.25, 0.3) is 0 Å². The molecule has 8 heteroatoms. The van der Waals surface area contributed by atoms with Crippen LogP contribution in [0.3, 0.4) is 0 Å². The first-order chi connectivity index (χ1) is 11.4. The zero-order valence-electron chi connectivity index (χ0n) is 12.4. The number of esters is 1. The van der Waals surface area contributed by atoms with E-state index in [1.54, 1.807) is 0 Å². The van der Waals surface area contributed by atoms with E-state index in [0.29, 0.717) is 4.90 Å². The standard InChI is InChI=1S/C16H12ClF2NO3S/c1-23-16(22)9-2-4-11(17)14(6-9)20-15(21)8-24-10-3-5-12(18)13(19)7-10/h2-7H,8H2,1H3,(H,20,21). The fraction of sp³-hybridized carbons (Fsp3) is 0.125. The van der Waals surface area contributed by atoms with E-state index in [9.17, 15) is 18.4 Å². The highest BCUT2D eigenvalue weighted by Gasteiger charge is 2.12. The topological polar surface area (TPSA) is 55.4 Å². The van der Waals surface area contributed by atoms with Crippen molar-refractivity contribution in [2.75, 3.05) is 18.2 Å². The predicted molar refractivity (Wildman–Crippen MR) is 88.5 cm³/mol. The van der Waals surface area contributed by atoms with Crippen LogP contribution in [0.15, 0.2) is 41.3 Å². The Bertz CT molecular complexity index is 786. The summed E-state index contributed by atoms with van der Waals surface area (Å²) in [5.41, 5.74) is 0.501. The van der Waals surface area contributed by atoms with Crippen molar-refractivity contribution >= 4 is 40.9 Å². The summed E-state index contributed by atoms with van der Waals surface area (Å²) in [6.07, 6.45) is 0. The Morgan fingerprint density at radius 1 is 1.17 bits per heavy atom. The van der Waals surface area contributed by atoms with Crippen LogP contribution in [0, 0.1) is 11.6 Å². The van der Waals surface area contributed by atoms with Gasteiger partial charge in [-0.3, -0.25) is 4.79 Å². The molecule has 0 saturated carbocycles. The van der Waals surface area contributed by atoms with E-state index < -0.39 is 23.5 Å². The van der Waals surface area contributed by atoms with Crippen molar-refractivity contribution in [3.05, 3.63) is 58.6 Å². The summed E-state index contributed by atoms with van der Waals surface area (Å²) in [6.45, 7) is 0. The van der Waals surface area contributed by atoms with Crippen LogP contribution < -0.4 is 5.32 Å². The number of hydrogen-bond donors (Lipinski definition) is 1. The summed E-state index contributed by atoms with van der Waals surface area (Å²) in [5.74, 6) is -2.93. The molecule has 0 atom stereocenters. The third kappa shape index (κ3) is 4.69. The first-order valence-electron chi connectivity index (χ1n) is 6.66. The smallest absolute Gasteiger partial charge is 0.337 e. The average molecular weight is 372 g/mol. The van der Waals surface area contributed by atoms with Crippen LogP contribution in [-0.4, -0.2) is 24.7 Å². The van der Waals surface area contributed by atoms with Gasteiger partial charge in [0.2, 0.25) is 5.91 Å². The lowest BCUT2D eigenvalue weighted by atomic mass is 10.2. The second-order valence-electron chi connectivity index (χ2n) is 4.60. The Morgan fingerprint density at radius 2 is 1.92 bits per heavy atom. The number of carbonyl (C=O) groups excluding carboxylic acids is 2. The molecule has 2 rings (SSSR count). The van der Waals surface area contributed by atoms with Crippen molar-refractivity contribution in [2.45, 2.75) is 4.90 Å². The first-order valence-corrected chi connectivity index (χ1v) is 8.02. The van der Waals surface area contributed by atoms with Gasteiger partial charge in [-0.05, 0) is 36.4 Å². The van der Waals surface area contributed by atoms with Gasteiger partial charge in [0.15, 0.2) is 11.6 Å². The molecule has 1 amide bonds. The third-order valence-electron chi connectivity index (χ3n) is 2.92. The summed E-state index contributed by atoms with van der Waals surface area (Å²) >= 11 is 7.02. The molecule has 2 aromatic rings. The van der Waals surface area contributed by atoms with E-state index in [0.717, 1.165) is 23.9 Å². The largest absolute Gasteiger partial charge is 0.465 e. The minimum Gasteiger partial charge on any atom is -0.465 e. The second kappa shape index (κ2) is 8.12. The quantitative estimate of drug-likeness (QED) is 0.634. The lowest BCUT2D eigenvalue weighted by Gasteiger charge is -2.09. The number of rotatable bonds is 5. The van der Waals surface area contributed by atoms with Crippen LogP contribution in [0.4, 0.5) is 14.5 Å². The fourth-order valence-corrected chi connectivity index (χ4v) is 2.65. The van der Waals surface area contributed by atoms with Crippen molar-refractivity contribution in [3.63, 3.8) is 0 Å². The molecule has 0 spiro atoms. The highest BCUT2D eigenvalue weighted by atomic mass is 35.5. The lowest BCUT2D eigenvalue weighted by Crippen LogP contribution is -2.15. The normalized spacial score (nSPS) is 10.3. The van der Waals surface area contributed by atoms with Gasteiger partial charge in [-0.25, -0.2) is 13.6 Å². The Labute approximate surface area is 146 Å². The molecule has 1 N–H and O–H groups in total. The maximum Gasteiger partial charge on any atom is 0.337 e. The number of carbonyl (C=O) groups is 2. The Hall–Kier alpha value is -2.12. The molecule has 0 saturated heterocycles. The summed E-state index contributed by atoms with van der Waals surface area (Å²) in [7, 11) is 1.24. The summed E-state index contributed by atoms with van der Waals surface area (Å²) in [5, 5.41) is 2.82. The molecule has 0 bridgehead atoms. The zero-order chi connectivity index (χ0) is 17.7. The van der Waals surface area contributed by atoms with Crippen molar-refractivity contribution in [2.24, 2.45) is 0 Å². The number of halogens is 3. The van der Waals surface area contributed by atoms with E-state index in [-0.39, 0.29) is 22.0 Å². The summed E-state index contributed by atoms with van der Waals surface area (Å²) < 4.78 is 30.6. The Morgan fingerprint density at radius 3 is 2.58 bits per heavy atom. The van der Waals surface area contributed by atoms with Crippen LogP contribution in [0.5, 0.6) is 0 Å². The van der Waals surface area contributed by atoms with Crippen LogP contribution >= 0.6 is 23.4 Å². The van der Waals surface area contributed by atoms with Crippen molar-refractivity contribution < 1.29 is 23.1 Å². The van der Waals surface area contributed by atoms with Crippen molar-refractivity contribution in [1.29, 1.82) is 0 Å². The maximum absolute atomic E-state index is 13.1. The number of nitrogens with one attached hydrogen (secondary N) is 1. The Balaban J connectivity index is 2.01. The van der Waals surface area contributed by atoms with Gasteiger partial charge in [0.1, 0.15) is 0 Å². The number of benzene rings is 2. The molecule has 0 radical (unpaired) electrons. The van der Waals surface area contributed by atoms with Crippen LogP contribution in [-0.2, 0) is 9.53 Å². The molecule has 0 heterocycles. The van der Waals surface area contributed by atoms with Crippen molar-refractivity contribution in [3.8, 4) is 0 Å². The summed E-state index contributed by atoms with van der Waals surface area (Å²) in [4.78, 5) is 23.9. The van der Waals surface area contributed by atoms with Gasteiger partial charge in [0, 0.05) is 4.90 Å². The van der Waals surface area contributed by atoms with E-state index in [1.165, 1.54) is 31.4 Å². The van der Waals surface area contributed by atoms with Gasteiger partial charge in [0.25, 0.3) is 0 Å². The zero-order valence-corrected chi connectivity index (χ0v) is 14.0. The van der Waals surface area contributed by atoms with E-state index >= 15 is 0 Å². The molecule has 0 unspecified atom stereocenters. The predicted octanol–water partition coefficient (Wildman–Crippen LogP) is 4.14. The van der Waals surface area contributed by atoms with Gasteiger partial charge in [-0.2, -0.15) is 0 Å². The molecule has 4 nitrogen and oxygen atoms in total. The van der Waals surface area contributed by atoms with E-state index in [1.807, 2.05) is 0 Å². The molecule has 2 aromatic carbocycles. The number of hydrogen-bond acceptors (Lipinski definition) is 4. The van der Waals surface area contributed by atoms with Gasteiger partial charge in [-0.15, -0.1) is 11.8 Å². The monoisotopic (exact) mass is 371 g/mol. The molecule has 126 valence electrons. The number of thioether (sulfide) groups is 1. The first kappa shape index (κ1) is 18.2. The second-order valence-corrected chi connectivity index (χ2v) is 6.05. The highest BCUT2D eigenvalue weighted by Crippen LogP contribution is 2.25. The lowest BCUT2D eigenvalue weighted by molar-refractivity contribution is -0.113. The molecule has 0 aliphatic rings. The van der Waals surface area contributed by atoms with Gasteiger partial charge in [0.05, 0.1) is 29.1 Å². The Kier molecular flexibility index (Phi) is 6.16. The van der Waals surface area contributed by atoms with Gasteiger partial charge in [-0.1, -0.05) is 11.6 Å². The van der Waals surface area contributed by atoms with Crippen molar-refractivity contribution in [1.82, 2.24) is 0 Å². The molecular formula is C16H12ClF2NO3S. The number of methoxy groups -OCH3 is 1. The molecule has 0 aliphatic carbocycles. The fourth-order valence-electron chi connectivity index (χ4n) is 1.77.